The van der Waals surface area contributed by atoms with Crippen LogP contribution in [0, 0.1) is 20.2 Å². The van der Waals surface area contributed by atoms with Crippen LogP contribution in [-0.4, -0.2) is 38.3 Å². The van der Waals surface area contributed by atoms with Crippen LogP contribution in [0.25, 0.3) is 0 Å². The van der Waals surface area contributed by atoms with E-state index in [1.807, 2.05) is 0 Å². The molecule has 0 amide bonds. The maximum Gasteiger partial charge on any atom is 1.00 e. The van der Waals surface area contributed by atoms with Crippen molar-refractivity contribution >= 4 is 5.97 Å². The molecule has 0 aliphatic rings. The topological polar surface area (TPSA) is 144 Å². The Labute approximate surface area is 120 Å². The van der Waals surface area contributed by atoms with Gasteiger partial charge in [-0.2, -0.15) is 0 Å². The first-order valence-corrected chi connectivity index (χ1v) is 3.04. The predicted molar refractivity (Wildman–Crippen MR) is 36.0 cm³/mol. The molecule has 0 radical (unpaired) electrons. The van der Waals surface area contributed by atoms with Crippen LogP contribution in [0.5, 0.6) is 0 Å². The maximum absolute atomic E-state index is 9.98. The van der Waals surface area contributed by atoms with Gasteiger partial charge in [-0.15, -0.1) is 0 Å². The number of hydrogen-bond acceptors (Lipinski definition) is 6. The molecule has 1 atom stereocenters. The fourth-order valence-corrected chi connectivity index (χ4v) is 0.550. The van der Waals surface area contributed by atoms with Crippen molar-refractivity contribution in [1.29, 1.82) is 0 Å². The average molecular weight is 233 g/mol. The van der Waals surface area contributed by atoms with E-state index < -0.39 is 34.5 Å². The van der Waals surface area contributed by atoms with Crippen molar-refractivity contribution in [2.24, 2.45) is 0 Å². The average Bonchev–Trinajstić information content (AvgIpc) is 1.97. The van der Waals surface area contributed by atoms with E-state index in [1.165, 1.54) is 0 Å². The minimum Gasteiger partial charge on any atom is -0.479 e. The van der Waals surface area contributed by atoms with Gasteiger partial charge in [-0.05, 0) is 0 Å². The molecule has 14 heavy (non-hydrogen) atoms. The zero-order chi connectivity index (χ0) is 10.6. The summed E-state index contributed by atoms with van der Waals surface area (Å²) in [7, 11) is 0. The molecule has 0 aromatic rings. The van der Waals surface area contributed by atoms with Crippen LogP contribution in [0.2, 0.25) is 0 Å². The summed E-state index contributed by atoms with van der Waals surface area (Å²) >= 11 is 0. The summed E-state index contributed by atoms with van der Waals surface area (Å²) in [4.78, 5) is 27.4. The second-order valence-electron chi connectivity index (χ2n) is 2.14. The van der Waals surface area contributed by atoms with E-state index in [9.17, 15) is 25.0 Å². The largest absolute Gasteiger partial charge is 1.00 e. The molecule has 0 aliphatic heterocycles. The predicted octanol–water partition coefficient (Wildman–Crippen LogP) is -4.29. The molecule has 9 nitrogen and oxygen atoms in total. The minimum absolute atomic E-state index is 0. The molecule has 0 aliphatic carbocycles. The van der Waals surface area contributed by atoms with Crippen LogP contribution in [-0.2, 0) is 4.79 Å². The summed E-state index contributed by atoms with van der Waals surface area (Å²) in [5.41, 5.74) is 0. The van der Waals surface area contributed by atoms with Crippen molar-refractivity contribution in [3.63, 3.8) is 0 Å². The summed E-state index contributed by atoms with van der Waals surface area (Å²) < 4.78 is 0. The molecule has 0 bridgehead atoms. The molecule has 0 aromatic heterocycles. The van der Waals surface area contributed by atoms with Crippen molar-refractivity contribution in [3.05, 3.63) is 20.2 Å². The van der Waals surface area contributed by atoms with Gasteiger partial charge in [0.15, 0.2) is 6.10 Å². The molecule has 0 fully saturated rings. The molecule has 0 rings (SSSR count). The van der Waals surface area contributed by atoms with E-state index in [0.717, 1.165) is 0 Å². The Balaban J connectivity index is 0. The van der Waals surface area contributed by atoms with Crippen molar-refractivity contribution in [2.45, 2.75) is 18.7 Å². The molecule has 74 valence electrons. The Morgan fingerprint density at radius 3 is 1.86 bits per heavy atom. The van der Waals surface area contributed by atoms with Gasteiger partial charge in [-0.1, -0.05) is 0 Å². The van der Waals surface area contributed by atoms with E-state index in [4.69, 9.17) is 10.2 Å². The molecular weight excluding hydrogens is 227 g/mol. The van der Waals surface area contributed by atoms with Gasteiger partial charge >= 0.3 is 63.5 Å². The Bertz CT molecular complexity index is 230. The number of carboxylic acid groups (broad SMARTS) is 1. The third kappa shape index (κ3) is 5.57. The van der Waals surface area contributed by atoms with Gasteiger partial charge in [-0.25, -0.2) is 4.79 Å². The summed E-state index contributed by atoms with van der Waals surface area (Å²) in [5, 5.41) is 36.6. The second kappa shape index (κ2) is 7.20. The first-order chi connectivity index (χ1) is 5.86. The Morgan fingerprint density at radius 2 is 1.64 bits per heavy atom. The van der Waals surface area contributed by atoms with Gasteiger partial charge in [0.2, 0.25) is 0 Å². The van der Waals surface area contributed by atoms with Gasteiger partial charge in [0.25, 0.3) is 0 Å². The van der Waals surface area contributed by atoms with E-state index in [0.29, 0.717) is 0 Å². The zero-order valence-electron chi connectivity index (χ0n) is 7.19. The molecule has 0 saturated heterocycles. The molecule has 10 heteroatoms. The molecule has 2 N–H and O–H groups in total. The number of hydrogen-bond donors (Lipinski definition) is 2. The van der Waals surface area contributed by atoms with E-state index in [1.54, 1.807) is 0 Å². The van der Waals surface area contributed by atoms with Crippen LogP contribution >= 0.6 is 0 Å². The maximum atomic E-state index is 9.98. The van der Waals surface area contributed by atoms with E-state index in [-0.39, 0.29) is 51.4 Å². The number of carbonyl (C=O) groups is 1. The van der Waals surface area contributed by atoms with Crippen LogP contribution in [0.1, 0.15) is 6.42 Å². The standard InChI is InChI=1S/C4H6N2O7.K/c7-2(4(8)9)1-3(5(10)11)6(12)13;/h2-3,7H,1H2,(H,8,9);/q;+1. The quantitative estimate of drug-likeness (QED) is 0.211. The fraction of sp³-hybridized carbons (Fsp3) is 0.750. The Morgan fingerprint density at radius 1 is 1.29 bits per heavy atom. The third-order valence-corrected chi connectivity index (χ3v) is 1.21. The van der Waals surface area contributed by atoms with Crippen molar-refractivity contribution in [2.75, 3.05) is 0 Å². The number of carboxylic acids is 1. The molecule has 0 saturated carbocycles. The summed E-state index contributed by atoms with van der Waals surface area (Å²) in [5.74, 6) is -1.73. The van der Waals surface area contributed by atoms with E-state index in [2.05, 4.69) is 0 Å². The molecule has 0 spiro atoms. The first kappa shape index (κ1) is 16.3. The summed E-state index contributed by atoms with van der Waals surface area (Å²) in [6.07, 6.45) is -5.43. The monoisotopic (exact) mass is 233 g/mol. The van der Waals surface area contributed by atoms with Crippen LogP contribution in [0.4, 0.5) is 0 Å². The zero-order valence-corrected chi connectivity index (χ0v) is 10.3. The SMILES string of the molecule is O=C(O)C(O)CC([N+](=O)[O-])[N+](=O)[O-].[K+]. The number of nitro groups is 2. The first-order valence-electron chi connectivity index (χ1n) is 3.04. The van der Waals surface area contributed by atoms with E-state index >= 15 is 0 Å². The summed E-state index contributed by atoms with van der Waals surface area (Å²) in [6.45, 7) is 0. The third-order valence-electron chi connectivity index (χ3n) is 1.21. The number of rotatable bonds is 5. The van der Waals surface area contributed by atoms with Crippen LogP contribution in [0.15, 0.2) is 0 Å². The molecular formula is C4H6KN2O7+. The number of nitrogens with zero attached hydrogens (tertiary/aromatic N) is 2. The smallest absolute Gasteiger partial charge is 0.479 e. The van der Waals surface area contributed by atoms with Gasteiger partial charge in [-0.3, -0.25) is 20.2 Å². The number of aliphatic carboxylic acids is 1. The molecule has 0 aromatic carbocycles. The van der Waals surface area contributed by atoms with Gasteiger partial charge in [0.05, 0.1) is 9.85 Å². The van der Waals surface area contributed by atoms with Crippen molar-refractivity contribution in [1.82, 2.24) is 0 Å². The normalized spacial score (nSPS) is 11.6. The Hall–Kier alpha value is -0.134. The summed E-state index contributed by atoms with van der Waals surface area (Å²) in [6, 6.07) is 0. The van der Waals surface area contributed by atoms with Gasteiger partial charge in [0, 0.05) is 0 Å². The molecule has 1 unspecified atom stereocenters. The molecule has 0 heterocycles. The number of aliphatic hydroxyl groups is 1. The van der Waals surface area contributed by atoms with Gasteiger partial charge in [0.1, 0.15) is 6.42 Å². The van der Waals surface area contributed by atoms with Gasteiger partial charge < -0.3 is 10.2 Å². The van der Waals surface area contributed by atoms with Crippen LogP contribution in [0.3, 0.4) is 0 Å². The Kier molecular flexibility index (Phi) is 8.38. The van der Waals surface area contributed by atoms with Crippen molar-refractivity contribution < 1.29 is 76.2 Å². The van der Waals surface area contributed by atoms with Crippen molar-refractivity contribution in [3.8, 4) is 0 Å². The van der Waals surface area contributed by atoms with Crippen LogP contribution < -0.4 is 51.4 Å². The second-order valence-corrected chi connectivity index (χ2v) is 2.14. The minimum atomic E-state index is -2.29. The fourth-order valence-electron chi connectivity index (χ4n) is 0.550. The number of aliphatic hydroxyl groups excluding tert-OH is 1.